The Balaban J connectivity index is 1.58. The van der Waals surface area contributed by atoms with Crippen LogP contribution in [0.15, 0.2) is 40.9 Å². The van der Waals surface area contributed by atoms with E-state index >= 15 is 0 Å². The van der Waals surface area contributed by atoms with E-state index < -0.39 is 5.97 Å². The zero-order valence-corrected chi connectivity index (χ0v) is 19.2. The lowest BCUT2D eigenvalue weighted by Crippen LogP contribution is -2.38. The number of hydrogen-bond donors (Lipinski definition) is 0. The van der Waals surface area contributed by atoms with E-state index in [1.807, 2.05) is 24.3 Å². The van der Waals surface area contributed by atoms with E-state index in [4.69, 9.17) is 18.9 Å². The Morgan fingerprint density at radius 3 is 2.35 bits per heavy atom. The lowest BCUT2D eigenvalue weighted by molar-refractivity contribution is -0.148. The van der Waals surface area contributed by atoms with Crippen LogP contribution < -0.4 is 14.2 Å². The van der Waals surface area contributed by atoms with Gasteiger partial charge in [-0.05, 0) is 54.0 Å². The maximum absolute atomic E-state index is 12.6. The number of ether oxygens (including phenoxy) is 4. The number of methoxy groups -OCH3 is 3. The zero-order chi connectivity index (χ0) is 22.4. The second-order valence-corrected chi connectivity index (χ2v) is 7.78. The monoisotopic (exact) mass is 489 g/mol. The van der Waals surface area contributed by atoms with Crippen LogP contribution in [0.25, 0.3) is 6.08 Å². The fraction of sp³-hybridized carbons (Fsp3) is 0.304. The molecule has 0 radical (unpaired) electrons. The lowest BCUT2D eigenvalue weighted by Gasteiger charge is -2.29. The molecule has 31 heavy (non-hydrogen) atoms. The summed E-state index contributed by atoms with van der Waals surface area (Å²) in [6.07, 6.45) is 3.56. The number of benzene rings is 2. The third-order valence-electron chi connectivity index (χ3n) is 5.00. The first-order valence-corrected chi connectivity index (χ1v) is 10.4. The van der Waals surface area contributed by atoms with Gasteiger partial charge in [0.2, 0.25) is 0 Å². The van der Waals surface area contributed by atoms with Crippen LogP contribution in [0.4, 0.5) is 0 Å². The molecule has 8 heteroatoms. The number of esters is 1. The number of hydrogen-bond acceptors (Lipinski definition) is 6. The van der Waals surface area contributed by atoms with Crippen LogP contribution in [0.5, 0.6) is 17.2 Å². The van der Waals surface area contributed by atoms with Gasteiger partial charge < -0.3 is 23.8 Å². The van der Waals surface area contributed by atoms with Crippen molar-refractivity contribution in [3.63, 3.8) is 0 Å². The molecule has 0 bridgehead atoms. The van der Waals surface area contributed by atoms with Gasteiger partial charge in [0.25, 0.3) is 5.91 Å². The van der Waals surface area contributed by atoms with E-state index in [0.29, 0.717) is 36.8 Å². The van der Waals surface area contributed by atoms with Crippen LogP contribution in [0.1, 0.15) is 16.7 Å². The topological polar surface area (TPSA) is 74.3 Å². The Morgan fingerprint density at radius 1 is 1.00 bits per heavy atom. The number of rotatable bonds is 7. The molecule has 7 nitrogen and oxygen atoms in total. The number of fused-ring (bicyclic) bond motifs is 1. The summed E-state index contributed by atoms with van der Waals surface area (Å²) in [6, 6.07) is 9.28. The van der Waals surface area contributed by atoms with Crippen molar-refractivity contribution < 1.29 is 28.5 Å². The van der Waals surface area contributed by atoms with Crippen LogP contribution in [-0.2, 0) is 27.3 Å². The molecule has 0 spiro atoms. The van der Waals surface area contributed by atoms with Crippen molar-refractivity contribution in [3.8, 4) is 17.2 Å². The smallest absolute Gasteiger partial charge is 0.331 e. The first-order valence-electron chi connectivity index (χ1n) is 9.65. The van der Waals surface area contributed by atoms with E-state index in [1.54, 1.807) is 38.4 Å². The summed E-state index contributed by atoms with van der Waals surface area (Å²) < 4.78 is 21.9. The Kier molecular flexibility index (Phi) is 7.57. The van der Waals surface area contributed by atoms with Crippen molar-refractivity contribution in [2.45, 2.75) is 13.0 Å². The molecule has 0 unspecified atom stereocenters. The maximum atomic E-state index is 12.6. The van der Waals surface area contributed by atoms with Crippen molar-refractivity contribution >= 4 is 33.9 Å². The first-order chi connectivity index (χ1) is 14.9. The van der Waals surface area contributed by atoms with Crippen LogP contribution in [0.2, 0.25) is 0 Å². The number of carbonyl (C=O) groups excluding carboxylic acids is 2. The third-order valence-corrected chi connectivity index (χ3v) is 5.49. The normalized spacial score (nSPS) is 13.0. The van der Waals surface area contributed by atoms with Gasteiger partial charge in [0.05, 0.1) is 21.3 Å². The Hall–Kier alpha value is -3.00. The number of amides is 1. The van der Waals surface area contributed by atoms with Crippen LogP contribution >= 0.6 is 15.9 Å². The van der Waals surface area contributed by atoms with Crippen molar-refractivity contribution in [1.82, 2.24) is 4.90 Å². The van der Waals surface area contributed by atoms with E-state index in [2.05, 4.69) is 15.9 Å². The van der Waals surface area contributed by atoms with E-state index in [1.165, 1.54) is 6.08 Å². The molecule has 1 aliphatic rings. The minimum Gasteiger partial charge on any atom is -0.496 e. The third kappa shape index (κ3) is 5.58. The second-order valence-electron chi connectivity index (χ2n) is 6.87. The van der Waals surface area contributed by atoms with Gasteiger partial charge in [0, 0.05) is 29.2 Å². The molecule has 0 atom stereocenters. The minimum atomic E-state index is -0.598. The molecular formula is C23H24BrNO6. The minimum absolute atomic E-state index is 0.248. The van der Waals surface area contributed by atoms with Gasteiger partial charge in [0.1, 0.15) is 5.75 Å². The highest BCUT2D eigenvalue weighted by molar-refractivity contribution is 9.10. The zero-order valence-electron chi connectivity index (χ0n) is 17.6. The summed E-state index contributed by atoms with van der Waals surface area (Å²) in [5, 5.41) is 0. The summed E-state index contributed by atoms with van der Waals surface area (Å²) in [4.78, 5) is 26.3. The molecule has 0 saturated carbocycles. The standard InChI is InChI=1S/C23H24BrNO6/c1-28-19-6-5-18(24)10-16(19)4-7-23(27)31-14-22(26)25-9-8-15-11-20(29-2)21(30-3)12-17(15)13-25/h4-7,10-12H,8-9,13-14H2,1-3H3/b7-4+. The van der Waals surface area contributed by atoms with Gasteiger partial charge in [0.15, 0.2) is 18.1 Å². The fourth-order valence-electron chi connectivity index (χ4n) is 3.36. The van der Waals surface area contributed by atoms with Gasteiger partial charge in [-0.25, -0.2) is 4.79 Å². The number of carbonyl (C=O) groups is 2. The van der Waals surface area contributed by atoms with Crippen molar-refractivity contribution in [2.24, 2.45) is 0 Å². The summed E-state index contributed by atoms with van der Waals surface area (Å²) in [6.45, 7) is 0.655. The second kappa shape index (κ2) is 10.3. The number of halogens is 1. The molecule has 3 rings (SSSR count). The predicted octanol–water partition coefficient (Wildman–Crippen LogP) is 3.62. The Labute approximate surface area is 189 Å². The van der Waals surface area contributed by atoms with Gasteiger partial charge in [-0.2, -0.15) is 0 Å². The molecule has 0 saturated heterocycles. The first kappa shape index (κ1) is 22.7. The highest BCUT2D eigenvalue weighted by Crippen LogP contribution is 2.33. The Bertz CT molecular complexity index is 1000. The SMILES string of the molecule is COc1ccc(Br)cc1/C=C/C(=O)OCC(=O)N1CCc2cc(OC)c(OC)cc2C1. The average molecular weight is 490 g/mol. The molecule has 2 aromatic carbocycles. The van der Waals surface area contributed by atoms with Crippen molar-refractivity contribution in [2.75, 3.05) is 34.5 Å². The summed E-state index contributed by atoms with van der Waals surface area (Å²) in [7, 11) is 4.73. The predicted molar refractivity (Wildman–Crippen MR) is 119 cm³/mol. The fourth-order valence-corrected chi connectivity index (χ4v) is 3.74. The molecule has 164 valence electrons. The molecule has 1 heterocycles. The van der Waals surface area contributed by atoms with Crippen molar-refractivity contribution in [3.05, 3.63) is 57.6 Å². The average Bonchev–Trinajstić information content (AvgIpc) is 2.79. The molecule has 0 aliphatic carbocycles. The molecule has 1 aliphatic heterocycles. The van der Waals surface area contributed by atoms with Crippen molar-refractivity contribution in [1.29, 1.82) is 0 Å². The van der Waals surface area contributed by atoms with Crippen LogP contribution in [0.3, 0.4) is 0 Å². The summed E-state index contributed by atoms with van der Waals surface area (Å²) in [5.41, 5.74) is 2.83. The van der Waals surface area contributed by atoms with Crippen LogP contribution in [-0.4, -0.2) is 51.3 Å². The largest absolute Gasteiger partial charge is 0.496 e. The van der Waals surface area contributed by atoms with Gasteiger partial charge in [-0.3, -0.25) is 4.79 Å². The van der Waals surface area contributed by atoms with Gasteiger partial charge in [-0.1, -0.05) is 15.9 Å². The summed E-state index contributed by atoms with van der Waals surface area (Å²) in [5.74, 6) is 1.07. The molecule has 1 amide bonds. The van der Waals surface area contributed by atoms with Gasteiger partial charge in [-0.15, -0.1) is 0 Å². The molecule has 0 N–H and O–H groups in total. The highest BCUT2D eigenvalue weighted by atomic mass is 79.9. The molecular weight excluding hydrogens is 466 g/mol. The van der Waals surface area contributed by atoms with E-state index in [-0.39, 0.29) is 12.5 Å². The van der Waals surface area contributed by atoms with E-state index in [0.717, 1.165) is 21.2 Å². The number of nitrogens with zero attached hydrogens (tertiary/aromatic N) is 1. The van der Waals surface area contributed by atoms with E-state index in [9.17, 15) is 9.59 Å². The Morgan fingerprint density at radius 2 is 1.68 bits per heavy atom. The molecule has 2 aromatic rings. The highest BCUT2D eigenvalue weighted by Gasteiger charge is 2.23. The van der Waals surface area contributed by atoms with Gasteiger partial charge >= 0.3 is 5.97 Å². The van der Waals surface area contributed by atoms with Crippen LogP contribution in [0, 0.1) is 0 Å². The summed E-state index contributed by atoms with van der Waals surface area (Å²) >= 11 is 3.38. The lowest BCUT2D eigenvalue weighted by atomic mass is 9.99. The quantitative estimate of drug-likeness (QED) is 0.436. The molecule has 0 aromatic heterocycles. The maximum Gasteiger partial charge on any atom is 0.331 e. The molecule has 0 fully saturated rings.